The lowest BCUT2D eigenvalue weighted by molar-refractivity contribution is 0.112. The maximum atomic E-state index is 11.7. The largest absolute Gasteiger partial charge is 0.297 e. The van der Waals surface area contributed by atoms with Crippen LogP contribution in [-0.4, -0.2) is 12.6 Å². The summed E-state index contributed by atoms with van der Waals surface area (Å²) in [7, 11) is 0. The fourth-order valence-corrected chi connectivity index (χ4v) is 7.95. The van der Waals surface area contributed by atoms with Crippen LogP contribution in [0.25, 0.3) is 51.8 Å². The summed E-state index contributed by atoms with van der Waals surface area (Å²) in [5.41, 5.74) is 0. The van der Waals surface area contributed by atoms with Gasteiger partial charge in [-0.25, -0.2) is 0 Å². The van der Waals surface area contributed by atoms with Crippen molar-refractivity contribution in [3.63, 3.8) is 0 Å². The number of carbonyl (C=O) groups excluding carboxylic acids is 2. The fourth-order valence-electron chi connectivity index (χ4n) is 4.17. The van der Waals surface area contributed by atoms with Gasteiger partial charge in [0.15, 0.2) is 12.6 Å². The molecule has 6 rings (SSSR count). The first-order valence-electron chi connectivity index (χ1n) is 9.76. The second-order valence-electron chi connectivity index (χ2n) is 7.22. The number of hydrogen-bond donors (Lipinski definition) is 0. The van der Waals surface area contributed by atoms with E-state index in [2.05, 4.69) is 36.4 Å². The Morgan fingerprint density at radius 1 is 0.419 bits per heavy atom. The Labute approximate surface area is 190 Å². The molecular weight excluding hydrogens is 440 g/mol. The zero-order valence-electron chi connectivity index (χ0n) is 16.1. The summed E-state index contributed by atoms with van der Waals surface area (Å²) >= 11 is 4.85. The van der Waals surface area contributed by atoms with Crippen molar-refractivity contribution in [1.82, 2.24) is 0 Å². The molecule has 0 saturated carbocycles. The van der Waals surface area contributed by atoms with Gasteiger partial charge in [-0.1, -0.05) is 72.8 Å². The van der Waals surface area contributed by atoms with Crippen LogP contribution < -0.4 is 0 Å². The van der Waals surface area contributed by atoms with Crippen LogP contribution in [0.15, 0.2) is 72.8 Å². The van der Waals surface area contributed by atoms with Gasteiger partial charge in [-0.2, -0.15) is 0 Å². The molecule has 31 heavy (non-hydrogen) atoms. The van der Waals surface area contributed by atoms with Gasteiger partial charge in [0.25, 0.3) is 0 Å². The molecule has 0 spiro atoms. The summed E-state index contributed by atoms with van der Waals surface area (Å²) in [5.74, 6) is 0. The number of fused-ring (bicyclic) bond motifs is 3. The van der Waals surface area contributed by atoms with E-state index in [-0.39, 0.29) is 0 Å². The van der Waals surface area contributed by atoms with Gasteiger partial charge in [-0.15, -0.1) is 34.0 Å². The van der Waals surface area contributed by atoms with Crippen LogP contribution in [0, 0.1) is 0 Å². The lowest BCUT2D eigenvalue weighted by atomic mass is 10.1. The third kappa shape index (κ3) is 2.74. The van der Waals surface area contributed by atoms with E-state index in [0.717, 1.165) is 53.6 Å². The van der Waals surface area contributed by atoms with E-state index in [1.807, 2.05) is 36.4 Å². The van der Waals surface area contributed by atoms with Crippen LogP contribution in [0.3, 0.4) is 0 Å². The molecule has 0 radical (unpaired) electrons. The van der Waals surface area contributed by atoms with Crippen molar-refractivity contribution in [3.05, 3.63) is 82.6 Å². The van der Waals surface area contributed by atoms with Gasteiger partial charge in [0.1, 0.15) is 0 Å². The van der Waals surface area contributed by atoms with Crippen LogP contribution in [0.5, 0.6) is 0 Å². The van der Waals surface area contributed by atoms with E-state index in [0.29, 0.717) is 0 Å². The predicted octanol–water partition coefficient (Wildman–Crippen LogP) is 8.29. The molecule has 5 heteroatoms. The number of hydrogen-bond acceptors (Lipinski definition) is 5. The van der Waals surface area contributed by atoms with Gasteiger partial charge in [0, 0.05) is 32.3 Å². The summed E-state index contributed by atoms with van der Waals surface area (Å²) in [5, 5.41) is 6.58. The monoisotopic (exact) mass is 454 g/mol. The van der Waals surface area contributed by atoms with Crippen molar-refractivity contribution in [1.29, 1.82) is 0 Å². The molecule has 0 aliphatic rings. The second-order valence-corrected chi connectivity index (χ2v) is 10.3. The molecular formula is C26H14O2S3. The molecule has 0 N–H and O–H groups in total. The molecule has 0 unspecified atom stereocenters. The number of rotatable bonds is 4. The van der Waals surface area contributed by atoms with E-state index in [4.69, 9.17) is 0 Å². The second kappa shape index (κ2) is 7.24. The summed E-state index contributed by atoms with van der Waals surface area (Å²) in [6.45, 7) is 0. The minimum absolute atomic E-state index is 0.759. The number of carbonyl (C=O) groups is 2. The quantitative estimate of drug-likeness (QED) is 0.251. The average Bonchev–Trinajstić information content (AvgIpc) is 3.50. The van der Waals surface area contributed by atoms with Gasteiger partial charge in [0.2, 0.25) is 0 Å². The highest BCUT2D eigenvalue weighted by atomic mass is 32.1. The summed E-state index contributed by atoms with van der Waals surface area (Å²) < 4.78 is 0. The van der Waals surface area contributed by atoms with Crippen LogP contribution >= 0.6 is 34.0 Å². The Hall–Kier alpha value is -3.12. The zero-order chi connectivity index (χ0) is 20.9. The molecule has 3 aromatic carbocycles. The van der Waals surface area contributed by atoms with Crippen molar-refractivity contribution in [2.75, 3.05) is 0 Å². The van der Waals surface area contributed by atoms with Gasteiger partial charge in [-0.05, 0) is 0 Å². The van der Waals surface area contributed by atoms with E-state index in [9.17, 15) is 9.59 Å². The smallest absolute Gasteiger partial charge is 0.160 e. The van der Waals surface area contributed by atoms with Crippen LogP contribution in [0.2, 0.25) is 0 Å². The molecule has 2 nitrogen and oxygen atoms in total. The first kappa shape index (κ1) is 18.6. The van der Waals surface area contributed by atoms with Crippen molar-refractivity contribution in [2.24, 2.45) is 0 Å². The summed E-state index contributed by atoms with van der Waals surface area (Å²) in [6, 6.07) is 24.6. The average molecular weight is 455 g/mol. The molecule has 3 heterocycles. The zero-order valence-corrected chi connectivity index (χ0v) is 18.6. The molecule has 6 aromatic rings. The molecule has 0 atom stereocenters. The third-order valence-corrected chi connectivity index (χ3v) is 9.39. The van der Waals surface area contributed by atoms with Crippen molar-refractivity contribution in [3.8, 4) is 19.5 Å². The first-order valence-corrected chi connectivity index (χ1v) is 12.2. The van der Waals surface area contributed by atoms with Gasteiger partial charge in [0.05, 0.1) is 29.3 Å². The van der Waals surface area contributed by atoms with Crippen LogP contribution in [0.4, 0.5) is 0 Å². The topological polar surface area (TPSA) is 34.1 Å². The number of thiophene rings is 3. The molecule has 3 aromatic heterocycles. The molecule has 0 aliphatic heterocycles. The van der Waals surface area contributed by atoms with Crippen molar-refractivity contribution in [2.45, 2.75) is 0 Å². The maximum absolute atomic E-state index is 11.7. The number of benzene rings is 3. The van der Waals surface area contributed by atoms with Crippen molar-refractivity contribution >= 4 is 78.9 Å². The van der Waals surface area contributed by atoms with Crippen LogP contribution in [-0.2, 0) is 0 Å². The standard InChI is InChI=1S/C26H14O2S3/c27-13-21-15-7-1-3-9-17(15)23(29-21)25-19-11-5-6-12-20(19)26(31-25)24-18-10-4-2-8-16(18)22(14-28)30-24/h1-14H. The summed E-state index contributed by atoms with van der Waals surface area (Å²) in [4.78, 5) is 29.6. The Kier molecular flexibility index (Phi) is 4.35. The Morgan fingerprint density at radius 3 is 1.06 bits per heavy atom. The highest BCUT2D eigenvalue weighted by molar-refractivity contribution is 7.29. The van der Waals surface area contributed by atoms with E-state index in [1.165, 1.54) is 20.5 Å². The minimum Gasteiger partial charge on any atom is -0.297 e. The predicted molar refractivity (Wildman–Crippen MR) is 134 cm³/mol. The molecule has 148 valence electrons. The maximum Gasteiger partial charge on any atom is 0.160 e. The van der Waals surface area contributed by atoms with E-state index < -0.39 is 0 Å². The molecule has 0 fully saturated rings. The highest BCUT2D eigenvalue weighted by Crippen LogP contribution is 2.51. The van der Waals surface area contributed by atoms with E-state index in [1.54, 1.807) is 34.0 Å². The summed E-state index contributed by atoms with van der Waals surface area (Å²) in [6.07, 6.45) is 1.91. The lowest BCUT2D eigenvalue weighted by Gasteiger charge is -1.97. The Bertz CT molecular complexity index is 1510. The van der Waals surface area contributed by atoms with Gasteiger partial charge < -0.3 is 0 Å². The Morgan fingerprint density at radius 2 is 0.710 bits per heavy atom. The van der Waals surface area contributed by atoms with Crippen molar-refractivity contribution < 1.29 is 9.59 Å². The fraction of sp³-hybridized carbons (Fsp3) is 0. The van der Waals surface area contributed by atoms with E-state index >= 15 is 0 Å². The molecule has 0 saturated heterocycles. The lowest BCUT2D eigenvalue weighted by Crippen LogP contribution is -1.72. The normalized spacial score (nSPS) is 11.5. The first-order chi connectivity index (χ1) is 15.3. The number of aldehydes is 2. The Balaban J connectivity index is 1.70. The minimum atomic E-state index is 0.759. The van der Waals surface area contributed by atoms with Gasteiger partial charge in [-0.3, -0.25) is 9.59 Å². The third-order valence-electron chi connectivity index (χ3n) is 5.55. The molecule has 0 aliphatic carbocycles. The molecule has 0 amide bonds. The SMILES string of the molecule is O=Cc1sc(-c2sc(-c3sc(C=O)c4ccccc34)c3ccccc23)c2ccccc12. The molecule has 0 bridgehead atoms. The highest BCUT2D eigenvalue weighted by Gasteiger charge is 2.21. The van der Waals surface area contributed by atoms with Gasteiger partial charge >= 0.3 is 0 Å². The van der Waals surface area contributed by atoms with Crippen LogP contribution in [0.1, 0.15) is 19.3 Å².